The van der Waals surface area contributed by atoms with Gasteiger partial charge in [-0.05, 0) is 12.3 Å². The van der Waals surface area contributed by atoms with Crippen molar-refractivity contribution in [2.24, 2.45) is 11.7 Å². The summed E-state index contributed by atoms with van der Waals surface area (Å²) in [6, 6.07) is 0. The fourth-order valence-corrected chi connectivity index (χ4v) is 0.241. The van der Waals surface area contributed by atoms with Crippen molar-refractivity contribution in [1.82, 2.24) is 0 Å². The number of nitrogens with one attached hydrogen (secondary N) is 1. The van der Waals surface area contributed by atoms with E-state index in [-0.39, 0.29) is 6.54 Å². The zero-order valence-electron chi connectivity index (χ0n) is 6.03. The van der Waals surface area contributed by atoms with Gasteiger partial charge in [0, 0.05) is 4.86 Å². The first-order valence-electron chi connectivity index (χ1n) is 2.74. The third kappa shape index (κ3) is 3.69. The van der Waals surface area contributed by atoms with Crippen molar-refractivity contribution >= 4 is 0 Å². The molecule has 0 aromatic carbocycles. The maximum absolute atomic E-state index is 10.4. The number of rotatable bonds is 4. The zero-order chi connectivity index (χ0) is 8.20. The monoisotopic (exact) mass is 153 g/mol. The Morgan fingerprint density at radius 3 is 2.40 bits per heavy atom. The molecule has 1 atom stereocenters. The van der Waals surface area contributed by atoms with Crippen molar-refractivity contribution in [3.63, 3.8) is 0 Å². The lowest BCUT2D eigenvalue weighted by Crippen LogP contribution is -3.08. The van der Waals surface area contributed by atoms with E-state index in [9.17, 15) is 5.21 Å². The third-order valence-corrected chi connectivity index (χ3v) is 0.905. The summed E-state index contributed by atoms with van der Waals surface area (Å²) in [4.78, 5) is 7.71. The molecule has 62 valence electrons. The molecule has 0 aliphatic heterocycles. The Labute approximate surface area is 58.7 Å². The van der Waals surface area contributed by atoms with Gasteiger partial charge in [0.1, 0.15) is 7.11 Å². The molecule has 0 aliphatic carbocycles. The van der Waals surface area contributed by atoms with Crippen molar-refractivity contribution in [1.29, 1.82) is 0 Å². The van der Waals surface area contributed by atoms with Crippen LogP contribution in [0.1, 0.15) is 6.92 Å². The Morgan fingerprint density at radius 2 is 2.10 bits per heavy atom. The lowest BCUT2D eigenvalue weighted by molar-refractivity contribution is -1.40. The van der Waals surface area contributed by atoms with Crippen molar-refractivity contribution in [3.8, 4) is 0 Å². The smallest absolute Gasteiger partial charge is 0.151 e. The first kappa shape index (κ1) is 9.72. The molecule has 1 unspecified atom stereocenters. The summed E-state index contributed by atoms with van der Waals surface area (Å²) in [6.07, 6.45) is 0. The molecule has 7 heteroatoms. The Balaban J connectivity index is 3.64. The predicted molar refractivity (Wildman–Crippen MR) is 31.6 cm³/mol. The standard InChI is InChI=1S/C3H13N4O3/c1-3-7(4,5)10-6(8)9-2/h6H,3-5H2,1-2H3/q+1. The molecule has 0 spiro atoms. The average Bonchev–Trinajstić information content (AvgIpc) is 1.87. The maximum Gasteiger partial charge on any atom is 0.151 e. The van der Waals surface area contributed by atoms with E-state index in [1.54, 1.807) is 6.92 Å². The molecule has 0 saturated heterocycles. The number of nitrogens with two attached hydrogens (primary N) is 2. The largest absolute Gasteiger partial charge is 0.561 e. The van der Waals surface area contributed by atoms with Gasteiger partial charge in [-0.25, -0.2) is 0 Å². The molecular weight excluding hydrogens is 140 g/mol. The minimum atomic E-state index is -0.896. The van der Waals surface area contributed by atoms with E-state index in [1.807, 2.05) is 0 Å². The van der Waals surface area contributed by atoms with Crippen LogP contribution >= 0.6 is 0 Å². The van der Waals surface area contributed by atoms with Gasteiger partial charge >= 0.3 is 0 Å². The minimum Gasteiger partial charge on any atom is -0.561 e. The van der Waals surface area contributed by atoms with E-state index >= 15 is 0 Å². The van der Waals surface area contributed by atoms with Gasteiger partial charge in [0.05, 0.1) is 4.94 Å². The third-order valence-electron chi connectivity index (χ3n) is 0.905. The quantitative estimate of drug-likeness (QED) is 0.233. The molecule has 0 saturated carbocycles. The van der Waals surface area contributed by atoms with Crippen LogP contribution in [0.5, 0.6) is 0 Å². The SMILES string of the molecule is CC[N+](N)(N)O[NH+]([O-])OC. The molecule has 0 aromatic heterocycles. The van der Waals surface area contributed by atoms with E-state index in [1.165, 1.54) is 7.11 Å². The van der Waals surface area contributed by atoms with Crippen LogP contribution in [0.15, 0.2) is 0 Å². The number of hydrogen-bond donors (Lipinski definition) is 3. The molecular formula is C3H13N4O3+. The molecule has 10 heavy (non-hydrogen) atoms. The summed E-state index contributed by atoms with van der Waals surface area (Å²) in [5, 5.41) is 9.47. The van der Waals surface area contributed by atoms with Gasteiger partial charge in [0.15, 0.2) is 6.54 Å². The molecule has 0 rings (SSSR count). The van der Waals surface area contributed by atoms with Crippen LogP contribution < -0.4 is 17.1 Å². The normalized spacial score (nSPS) is 15.3. The fourth-order valence-electron chi connectivity index (χ4n) is 0.241. The topological polar surface area (TPSA) is 98.0 Å². The first-order chi connectivity index (χ1) is 4.52. The molecule has 0 fully saturated rings. The van der Waals surface area contributed by atoms with E-state index in [0.717, 1.165) is 0 Å². The number of hydroxylamine groups is 1. The first-order valence-corrected chi connectivity index (χ1v) is 2.74. The van der Waals surface area contributed by atoms with Crippen LogP contribution in [0.3, 0.4) is 0 Å². The average molecular weight is 153 g/mol. The highest BCUT2D eigenvalue weighted by molar-refractivity contribution is 3.94. The number of nitrogens with zero attached hydrogens (tertiary/aromatic N) is 1. The van der Waals surface area contributed by atoms with Crippen LogP contribution in [0.25, 0.3) is 0 Å². The summed E-state index contributed by atoms with van der Waals surface area (Å²) >= 11 is 0. The van der Waals surface area contributed by atoms with Crippen LogP contribution in [-0.4, -0.2) is 18.5 Å². The predicted octanol–water partition coefficient (Wildman–Crippen LogP) is -2.64. The second-order valence-corrected chi connectivity index (χ2v) is 1.72. The zero-order valence-corrected chi connectivity index (χ0v) is 6.03. The molecule has 0 heterocycles. The highest BCUT2D eigenvalue weighted by atomic mass is 17.2. The van der Waals surface area contributed by atoms with Crippen LogP contribution in [-0.2, 0) is 9.78 Å². The minimum absolute atomic E-state index is 0.273. The maximum atomic E-state index is 10.4. The van der Waals surface area contributed by atoms with Crippen molar-refractivity contribution < 1.29 is 20.0 Å². The molecule has 0 amide bonds. The summed E-state index contributed by atoms with van der Waals surface area (Å²) in [5.41, 5.74) is 0. The highest BCUT2D eigenvalue weighted by Gasteiger charge is 2.22. The van der Waals surface area contributed by atoms with E-state index < -0.39 is 10.3 Å². The summed E-state index contributed by atoms with van der Waals surface area (Å²) in [6.45, 7) is 1.94. The van der Waals surface area contributed by atoms with Gasteiger partial charge in [-0.15, -0.1) is 11.7 Å². The van der Waals surface area contributed by atoms with Crippen LogP contribution in [0, 0.1) is 5.21 Å². The molecule has 0 radical (unpaired) electrons. The fraction of sp³-hybridized carbons (Fsp3) is 1.00. The Bertz CT molecular complexity index is 97.7. The van der Waals surface area contributed by atoms with Crippen molar-refractivity contribution in [3.05, 3.63) is 5.21 Å². The summed E-state index contributed by atoms with van der Waals surface area (Å²) in [7, 11) is 1.18. The van der Waals surface area contributed by atoms with Crippen LogP contribution in [0.4, 0.5) is 0 Å². The van der Waals surface area contributed by atoms with Gasteiger partial charge < -0.3 is 5.21 Å². The van der Waals surface area contributed by atoms with Gasteiger partial charge in [0.2, 0.25) is 0 Å². The molecule has 0 aliphatic rings. The molecule has 5 N–H and O–H groups in total. The second-order valence-electron chi connectivity index (χ2n) is 1.72. The van der Waals surface area contributed by atoms with Gasteiger partial charge in [-0.3, -0.25) is 0 Å². The van der Waals surface area contributed by atoms with E-state index in [2.05, 4.69) is 9.78 Å². The summed E-state index contributed by atoms with van der Waals surface area (Å²) < 4.78 is 0. The second kappa shape index (κ2) is 3.78. The number of hydrogen-bond acceptors (Lipinski definition) is 5. The van der Waals surface area contributed by atoms with Crippen molar-refractivity contribution in [2.45, 2.75) is 6.92 Å². The summed E-state index contributed by atoms with van der Waals surface area (Å²) in [5.74, 6) is 10.4. The Hall–Kier alpha value is -0.280. The van der Waals surface area contributed by atoms with E-state index in [4.69, 9.17) is 11.7 Å². The number of quaternary nitrogens is 2. The van der Waals surface area contributed by atoms with Gasteiger partial charge in [0.25, 0.3) is 0 Å². The van der Waals surface area contributed by atoms with Crippen LogP contribution in [0.2, 0.25) is 0 Å². The van der Waals surface area contributed by atoms with E-state index in [0.29, 0.717) is 0 Å². The lowest BCUT2D eigenvalue weighted by Gasteiger charge is -2.23. The van der Waals surface area contributed by atoms with Crippen molar-refractivity contribution in [2.75, 3.05) is 13.7 Å². The lowest BCUT2D eigenvalue weighted by atomic mass is 10.8. The molecule has 0 bridgehead atoms. The molecule has 0 aromatic rings. The Morgan fingerprint density at radius 1 is 1.60 bits per heavy atom. The molecule has 7 nitrogen and oxygen atoms in total. The Kier molecular flexibility index (Phi) is 3.68. The highest BCUT2D eigenvalue weighted by Crippen LogP contribution is 1.79. The van der Waals surface area contributed by atoms with Gasteiger partial charge in [-0.2, -0.15) is 4.84 Å². The van der Waals surface area contributed by atoms with Gasteiger partial charge in [-0.1, -0.05) is 0 Å².